The van der Waals surface area contributed by atoms with Crippen molar-refractivity contribution in [2.45, 2.75) is 38.1 Å². The summed E-state index contributed by atoms with van der Waals surface area (Å²) in [4.78, 5) is 14.1. The molecule has 2 aromatic heterocycles. The second-order valence-corrected chi connectivity index (χ2v) is 9.62. The van der Waals surface area contributed by atoms with Gasteiger partial charge in [-0.15, -0.1) is 0 Å². The van der Waals surface area contributed by atoms with Crippen LogP contribution in [0.15, 0.2) is 73.2 Å². The van der Waals surface area contributed by atoms with Crippen LogP contribution in [0.5, 0.6) is 5.75 Å². The van der Waals surface area contributed by atoms with Gasteiger partial charge in [0.15, 0.2) is 0 Å². The number of ether oxygens (including phenoxy) is 1. The molecule has 4 aromatic rings. The fourth-order valence-electron chi connectivity index (χ4n) is 4.93. The van der Waals surface area contributed by atoms with E-state index in [1.165, 1.54) is 11.1 Å². The van der Waals surface area contributed by atoms with Crippen LogP contribution in [0.2, 0.25) is 5.15 Å². The number of rotatable bonds is 2. The van der Waals surface area contributed by atoms with E-state index in [0.29, 0.717) is 23.5 Å². The molecule has 2 unspecified atom stereocenters. The Balaban J connectivity index is 1.42. The molecule has 1 aliphatic heterocycles. The minimum absolute atomic E-state index is 0.216. The molecule has 3 heterocycles. The molecule has 0 saturated carbocycles. The summed E-state index contributed by atoms with van der Waals surface area (Å²) in [5.41, 5.74) is 5.30. The number of aromatic nitrogens is 4. The van der Waals surface area contributed by atoms with Crippen molar-refractivity contribution >= 4 is 29.1 Å². The molecule has 4 bridgehead atoms. The molecule has 0 radical (unpaired) electrons. The number of hydrogen-bond acceptors (Lipinski definition) is 6. The summed E-state index contributed by atoms with van der Waals surface area (Å²) in [7, 11) is 0. The Bertz CT molecular complexity index is 1420. The lowest BCUT2D eigenvalue weighted by atomic mass is 9.97. The molecule has 0 saturated heterocycles. The summed E-state index contributed by atoms with van der Waals surface area (Å²) < 4.78 is 8.00. The smallest absolute Gasteiger partial charge is 0.229 e. The summed E-state index contributed by atoms with van der Waals surface area (Å²) in [6.45, 7) is 2.63. The molecular weight excluding hydrogens is 472 g/mol. The van der Waals surface area contributed by atoms with Gasteiger partial charge < -0.3 is 19.9 Å². The average Bonchev–Trinajstić information content (AvgIpc) is 3.50. The van der Waals surface area contributed by atoms with Crippen molar-refractivity contribution in [1.29, 1.82) is 0 Å². The van der Waals surface area contributed by atoms with Crippen molar-refractivity contribution in [3.63, 3.8) is 0 Å². The second kappa shape index (κ2) is 9.66. The molecule has 182 valence electrons. The third-order valence-electron chi connectivity index (χ3n) is 6.67. The van der Waals surface area contributed by atoms with Crippen LogP contribution in [0.4, 0.5) is 17.5 Å². The van der Waals surface area contributed by atoms with E-state index in [1.807, 2.05) is 22.8 Å². The Labute approximate surface area is 215 Å². The molecule has 36 heavy (non-hydrogen) atoms. The molecule has 2 N–H and O–H groups in total. The first-order valence-electron chi connectivity index (χ1n) is 12.2. The highest BCUT2D eigenvalue weighted by Gasteiger charge is 2.30. The molecule has 2 aliphatic rings. The first kappa shape index (κ1) is 22.6. The predicted octanol–water partition coefficient (Wildman–Crippen LogP) is 6.28. The Morgan fingerprint density at radius 3 is 2.81 bits per heavy atom. The zero-order valence-electron chi connectivity index (χ0n) is 20.0. The molecule has 2 atom stereocenters. The molecule has 0 amide bonds. The highest BCUT2D eigenvalue weighted by atomic mass is 35.5. The molecule has 6 rings (SSSR count). The Kier molecular flexibility index (Phi) is 6.07. The fourth-order valence-corrected chi connectivity index (χ4v) is 5.07. The third-order valence-corrected chi connectivity index (χ3v) is 6.87. The van der Waals surface area contributed by atoms with E-state index in [9.17, 15) is 0 Å². The zero-order chi connectivity index (χ0) is 24.5. The topological polar surface area (TPSA) is 76.9 Å². The molecular formula is C28H27ClN6O. The number of fused-ring (bicyclic) bond motifs is 6. The first-order valence-corrected chi connectivity index (χ1v) is 12.6. The lowest BCUT2D eigenvalue weighted by Gasteiger charge is -2.19. The fraction of sp³-hybridized carbons (Fsp3) is 0.250. The van der Waals surface area contributed by atoms with E-state index in [-0.39, 0.29) is 12.0 Å². The summed E-state index contributed by atoms with van der Waals surface area (Å²) in [5.74, 6) is 2.46. The Hall–Kier alpha value is -3.84. The zero-order valence-corrected chi connectivity index (χ0v) is 20.7. The SMILES string of the molecule is CC1C/C=C\COc2cc(ccc2-n2cnc(Cl)c2)Nc2nc(c3c(n2)C(c2ccccc2)CC3)N1. The van der Waals surface area contributed by atoms with Crippen molar-refractivity contribution in [3.05, 3.63) is 95.2 Å². The minimum Gasteiger partial charge on any atom is -0.487 e. The van der Waals surface area contributed by atoms with Gasteiger partial charge in [0, 0.05) is 35.5 Å². The number of anilines is 3. The standard InChI is InChI=1S/C28H27ClN6O/c1-18-7-5-6-14-36-24-15-20(10-13-23(24)35-16-25(29)30-17-35)32-28-33-26-21(19-8-3-2-4-9-19)11-12-22(26)27(31-18)34-28/h2-6,8-10,13,15-18,21H,7,11-12,14H2,1H3,(H2,31,32,33,34)/b6-5-. The molecule has 0 spiro atoms. The average molecular weight is 499 g/mol. The van der Waals surface area contributed by atoms with E-state index in [0.717, 1.165) is 42.1 Å². The normalized spacial score (nSPS) is 19.8. The Morgan fingerprint density at radius 2 is 1.97 bits per heavy atom. The maximum atomic E-state index is 6.15. The van der Waals surface area contributed by atoms with Crippen LogP contribution in [0, 0.1) is 0 Å². The summed E-state index contributed by atoms with van der Waals surface area (Å²) in [6, 6.07) is 16.8. The van der Waals surface area contributed by atoms with Crippen molar-refractivity contribution in [2.75, 3.05) is 17.2 Å². The van der Waals surface area contributed by atoms with Gasteiger partial charge >= 0.3 is 0 Å². The van der Waals surface area contributed by atoms with Gasteiger partial charge in [0.25, 0.3) is 0 Å². The van der Waals surface area contributed by atoms with Gasteiger partial charge in [0.1, 0.15) is 29.7 Å². The second-order valence-electron chi connectivity index (χ2n) is 9.24. The van der Waals surface area contributed by atoms with Gasteiger partial charge in [-0.2, -0.15) is 4.98 Å². The minimum atomic E-state index is 0.216. The lowest BCUT2D eigenvalue weighted by Crippen LogP contribution is -2.18. The van der Waals surface area contributed by atoms with Gasteiger partial charge in [-0.3, -0.25) is 0 Å². The number of halogens is 1. The largest absolute Gasteiger partial charge is 0.487 e. The molecule has 7 nitrogen and oxygen atoms in total. The van der Waals surface area contributed by atoms with Gasteiger partial charge in [0.05, 0.1) is 11.4 Å². The van der Waals surface area contributed by atoms with E-state index < -0.39 is 0 Å². The third kappa shape index (κ3) is 4.54. The van der Waals surface area contributed by atoms with Crippen LogP contribution in [0.3, 0.4) is 0 Å². The molecule has 0 fully saturated rings. The van der Waals surface area contributed by atoms with Gasteiger partial charge in [-0.1, -0.05) is 54.1 Å². The molecule has 2 aromatic carbocycles. The highest BCUT2D eigenvalue weighted by Crippen LogP contribution is 2.41. The molecule has 1 aliphatic carbocycles. The van der Waals surface area contributed by atoms with Crippen molar-refractivity contribution in [3.8, 4) is 11.4 Å². The van der Waals surface area contributed by atoms with E-state index in [1.54, 1.807) is 12.5 Å². The quantitative estimate of drug-likeness (QED) is 0.317. The van der Waals surface area contributed by atoms with Crippen LogP contribution in [0.25, 0.3) is 5.69 Å². The Morgan fingerprint density at radius 1 is 1.08 bits per heavy atom. The summed E-state index contributed by atoms with van der Waals surface area (Å²) in [6.07, 6.45) is 10.5. The van der Waals surface area contributed by atoms with E-state index in [4.69, 9.17) is 26.3 Å². The van der Waals surface area contributed by atoms with E-state index >= 15 is 0 Å². The number of imidazole rings is 1. The van der Waals surface area contributed by atoms with Crippen molar-refractivity contribution in [2.24, 2.45) is 0 Å². The predicted molar refractivity (Wildman–Crippen MR) is 143 cm³/mol. The number of nitrogens with one attached hydrogen (secondary N) is 2. The number of nitrogens with zero attached hydrogens (tertiary/aromatic N) is 4. The summed E-state index contributed by atoms with van der Waals surface area (Å²) in [5, 5.41) is 7.50. The van der Waals surface area contributed by atoms with Crippen LogP contribution in [-0.2, 0) is 6.42 Å². The van der Waals surface area contributed by atoms with E-state index in [2.05, 4.69) is 65.0 Å². The highest BCUT2D eigenvalue weighted by molar-refractivity contribution is 6.29. The van der Waals surface area contributed by atoms with Gasteiger partial charge in [-0.25, -0.2) is 9.97 Å². The molecule has 8 heteroatoms. The van der Waals surface area contributed by atoms with Crippen LogP contribution >= 0.6 is 11.6 Å². The van der Waals surface area contributed by atoms with Crippen LogP contribution in [0.1, 0.15) is 42.5 Å². The van der Waals surface area contributed by atoms with Crippen molar-refractivity contribution in [1.82, 2.24) is 19.5 Å². The number of hydrogen-bond donors (Lipinski definition) is 2. The van der Waals surface area contributed by atoms with Crippen molar-refractivity contribution < 1.29 is 4.74 Å². The summed E-state index contributed by atoms with van der Waals surface area (Å²) >= 11 is 6.07. The van der Waals surface area contributed by atoms with Gasteiger partial charge in [-0.05, 0) is 43.9 Å². The van der Waals surface area contributed by atoms with Crippen LogP contribution in [-0.4, -0.2) is 32.2 Å². The monoisotopic (exact) mass is 498 g/mol. The van der Waals surface area contributed by atoms with Gasteiger partial charge in [0.2, 0.25) is 5.95 Å². The maximum absolute atomic E-state index is 6.15. The maximum Gasteiger partial charge on any atom is 0.229 e. The number of benzene rings is 2. The van der Waals surface area contributed by atoms with Crippen LogP contribution < -0.4 is 15.4 Å². The lowest BCUT2D eigenvalue weighted by molar-refractivity contribution is 0.361. The first-order chi connectivity index (χ1) is 17.6.